The number of thiocarbonyl (C=S) groups is 1. The van der Waals surface area contributed by atoms with Gasteiger partial charge in [0, 0.05) is 30.6 Å². The van der Waals surface area contributed by atoms with Gasteiger partial charge in [0.15, 0.2) is 5.11 Å². The van der Waals surface area contributed by atoms with E-state index in [0.717, 1.165) is 41.5 Å². The first-order valence-electron chi connectivity index (χ1n) is 10.4. The molecule has 158 valence electrons. The zero-order chi connectivity index (χ0) is 21.5. The summed E-state index contributed by atoms with van der Waals surface area (Å²) in [6.45, 7) is 5.03. The van der Waals surface area contributed by atoms with E-state index in [9.17, 15) is 4.79 Å². The molecule has 0 amide bonds. The van der Waals surface area contributed by atoms with Crippen LogP contribution in [0.1, 0.15) is 23.1 Å². The molecule has 0 aliphatic carbocycles. The minimum absolute atomic E-state index is 0.0647. The molecule has 0 fully saturated rings. The lowest BCUT2D eigenvalue weighted by Gasteiger charge is -2.26. The van der Waals surface area contributed by atoms with Crippen LogP contribution in [0.3, 0.4) is 0 Å². The number of aromatic nitrogens is 1. The Morgan fingerprint density at radius 1 is 1.10 bits per heavy atom. The third-order valence-corrected chi connectivity index (χ3v) is 5.48. The van der Waals surface area contributed by atoms with Gasteiger partial charge in [-0.25, -0.2) is 0 Å². The third-order valence-electron chi connectivity index (χ3n) is 5.07. The number of aromatic amines is 1. The average molecular weight is 424 g/mol. The largest absolute Gasteiger partial charge is 0.362 e. The number of quaternary nitrogens is 1. The highest BCUT2D eigenvalue weighted by atomic mass is 32.1. The lowest BCUT2D eigenvalue weighted by molar-refractivity contribution is -0.858. The van der Waals surface area contributed by atoms with Gasteiger partial charge in [0.05, 0.1) is 27.2 Å². The zero-order valence-corrected chi connectivity index (χ0v) is 18.8. The average Bonchev–Trinajstić information content (AvgIpc) is 2.71. The van der Waals surface area contributed by atoms with Crippen molar-refractivity contribution in [2.45, 2.75) is 26.4 Å². The number of pyridine rings is 1. The molecule has 0 atom stereocenters. The van der Waals surface area contributed by atoms with Crippen molar-refractivity contribution in [1.82, 2.24) is 15.2 Å². The van der Waals surface area contributed by atoms with Crippen molar-refractivity contribution in [3.05, 3.63) is 81.6 Å². The van der Waals surface area contributed by atoms with Crippen LogP contribution in [0.15, 0.2) is 59.4 Å². The molecule has 0 bridgehead atoms. The Kier molecular flexibility index (Phi) is 7.60. The SMILES string of the molecule is Cc1ccc2cc(CN(Cc3ccccc3)C(=S)NCCC[NH+](C)C)c(=O)[nH]c2c1. The monoisotopic (exact) mass is 423 g/mol. The minimum atomic E-state index is -0.0647. The quantitative estimate of drug-likeness (QED) is 0.384. The number of H-pyrrole nitrogens is 1. The first kappa shape index (κ1) is 22.0. The lowest BCUT2D eigenvalue weighted by atomic mass is 10.1. The fraction of sp³-hybridized carbons (Fsp3) is 0.333. The number of hydrogen-bond donors (Lipinski definition) is 3. The van der Waals surface area contributed by atoms with Crippen LogP contribution in [0.25, 0.3) is 10.9 Å². The van der Waals surface area contributed by atoms with Gasteiger partial charge in [0.1, 0.15) is 0 Å². The van der Waals surface area contributed by atoms with Gasteiger partial charge >= 0.3 is 0 Å². The van der Waals surface area contributed by atoms with Crippen LogP contribution in [0.2, 0.25) is 0 Å². The molecule has 0 saturated carbocycles. The predicted molar refractivity (Wildman–Crippen MR) is 128 cm³/mol. The molecule has 6 heteroatoms. The van der Waals surface area contributed by atoms with Gasteiger partial charge < -0.3 is 20.1 Å². The Morgan fingerprint density at radius 2 is 1.87 bits per heavy atom. The fourth-order valence-corrected chi connectivity index (χ4v) is 3.67. The summed E-state index contributed by atoms with van der Waals surface area (Å²) in [5.74, 6) is 0. The Morgan fingerprint density at radius 3 is 2.60 bits per heavy atom. The fourth-order valence-electron chi connectivity index (χ4n) is 3.44. The highest BCUT2D eigenvalue weighted by molar-refractivity contribution is 7.80. The van der Waals surface area contributed by atoms with Crippen LogP contribution in [-0.4, -0.2) is 42.2 Å². The van der Waals surface area contributed by atoms with Crippen molar-refractivity contribution in [3.63, 3.8) is 0 Å². The number of rotatable bonds is 8. The standard InChI is InChI=1S/C24H30N4OS/c1-18-10-11-20-15-21(23(29)26-22(20)14-18)17-28(16-19-8-5-4-6-9-19)24(30)25-12-7-13-27(2)3/h4-6,8-11,14-15H,7,12-13,16-17H2,1-3H3,(H,25,30)(H,26,29)/p+1. The number of nitrogens with one attached hydrogen (secondary N) is 3. The van der Waals surface area contributed by atoms with Gasteiger partial charge in [-0.1, -0.05) is 42.5 Å². The van der Waals surface area contributed by atoms with Crippen LogP contribution in [-0.2, 0) is 13.1 Å². The molecule has 5 nitrogen and oxygen atoms in total. The number of benzene rings is 2. The Bertz CT molecular complexity index is 1050. The van der Waals surface area contributed by atoms with Gasteiger partial charge in [-0.2, -0.15) is 0 Å². The number of fused-ring (bicyclic) bond motifs is 1. The molecular formula is C24H31N4OS+. The molecule has 1 aromatic heterocycles. The van der Waals surface area contributed by atoms with Gasteiger partial charge in [0.25, 0.3) is 5.56 Å². The van der Waals surface area contributed by atoms with E-state index in [1.165, 1.54) is 4.90 Å². The van der Waals surface area contributed by atoms with E-state index in [4.69, 9.17) is 12.2 Å². The maximum Gasteiger partial charge on any atom is 0.253 e. The van der Waals surface area contributed by atoms with Crippen molar-refractivity contribution in [2.75, 3.05) is 27.2 Å². The molecule has 30 heavy (non-hydrogen) atoms. The zero-order valence-electron chi connectivity index (χ0n) is 18.0. The highest BCUT2D eigenvalue weighted by Crippen LogP contribution is 2.15. The summed E-state index contributed by atoms with van der Waals surface area (Å²) >= 11 is 5.70. The Balaban J connectivity index is 1.80. The topological polar surface area (TPSA) is 52.6 Å². The summed E-state index contributed by atoms with van der Waals surface area (Å²) in [7, 11) is 4.29. The van der Waals surface area contributed by atoms with Gasteiger partial charge in [-0.3, -0.25) is 4.79 Å². The summed E-state index contributed by atoms with van der Waals surface area (Å²) in [4.78, 5) is 19.3. The van der Waals surface area contributed by atoms with Crippen LogP contribution in [0.5, 0.6) is 0 Å². The first-order valence-corrected chi connectivity index (χ1v) is 10.8. The van der Waals surface area contributed by atoms with E-state index in [1.807, 2.05) is 43.3 Å². The second-order valence-corrected chi connectivity index (χ2v) is 8.49. The van der Waals surface area contributed by atoms with E-state index >= 15 is 0 Å². The molecule has 0 unspecified atom stereocenters. The number of aryl methyl sites for hydroxylation is 1. The first-order chi connectivity index (χ1) is 14.4. The molecule has 0 radical (unpaired) electrons. The summed E-state index contributed by atoms with van der Waals surface area (Å²) in [5.41, 5.74) is 3.80. The summed E-state index contributed by atoms with van der Waals surface area (Å²) < 4.78 is 0. The Hall–Kier alpha value is -2.70. The van der Waals surface area contributed by atoms with Gasteiger partial charge in [0.2, 0.25) is 0 Å². The second-order valence-electron chi connectivity index (χ2n) is 8.10. The highest BCUT2D eigenvalue weighted by Gasteiger charge is 2.14. The van der Waals surface area contributed by atoms with Crippen molar-refractivity contribution < 1.29 is 4.90 Å². The van der Waals surface area contributed by atoms with E-state index < -0.39 is 0 Å². The smallest absolute Gasteiger partial charge is 0.253 e. The maximum absolute atomic E-state index is 12.7. The molecular weight excluding hydrogens is 392 g/mol. The van der Waals surface area contributed by atoms with Gasteiger partial charge in [-0.15, -0.1) is 0 Å². The van der Waals surface area contributed by atoms with Crippen molar-refractivity contribution in [2.24, 2.45) is 0 Å². The second kappa shape index (κ2) is 10.4. The normalized spacial score (nSPS) is 11.1. The van der Waals surface area contributed by atoms with E-state index in [2.05, 4.69) is 47.5 Å². The van der Waals surface area contributed by atoms with E-state index in [0.29, 0.717) is 23.8 Å². The van der Waals surface area contributed by atoms with Crippen LogP contribution in [0.4, 0.5) is 0 Å². The third kappa shape index (κ3) is 6.15. The lowest BCUT2D eigenvalue weighted by Crippen LogP contribution is -3.05. The van der Waals surface area contributed by atoms with E-state index in [-0.39, 0.29) is 5.56 Å². The molecule has 3 aromatic rings. The summed E-state index contributed by atoms with van der Waals surface area (Å²) in [6.07, 6.45) is 1.04. The predicted octanol–water partition coefficient (Wildman–Crippen LogP) is 2.25. The van der Waals surface area contributed by atoms with Crippen molar-refractivity contribution >= 4 is 28.2 Å². The molecule has 0 aliphatic heterocycles. The van der Waals surface area contributed by atoms with Crippen LogP contribution in [0, 0.1) is 6.92 Å². The molecule has 0 spiro atoms. The number of hydrogen-bond acceptors (Lipinski definition) is 2. The van der Waals surface area contributed by atoms with Crippen LogP contribution >= 0.6 is 12.2 Å². The number of nitrogens with zero attached hydrogens (tertiary/aromatic N) is 1. The summed E-state index contributed by atoms with van der Waals surface area (Å²) in [5, 5.41) is 5.08. The van der Waals surface area contributed by atoms with Crippen molar-refractivity contribution in [3.8, 4) is 0 Å². The maximum atomic E-state index is 12.7. The molecule has 3 N–H and O–H groups in total. The van der Waals surface area contributed by atoms with Crippen LogP contribution < -0.4 is 15.8 Å². The molecule has 1 heterocycles. The molecule has 0 aliphatic rings. The molecule has 3 rings (SSSR count). The summed E-state index contributed by atoms with van der Waals surface area (Å²) in [6, 6.07) is 18.3. The molecule has 0 saturated heterocycles. The van der Waals surface area contributed by atoms with Gasteiger partial charge in [-0.05, 0) is 47.8 Å². The van der Waals surface area contributed by atoms with E-state index in [1.54, 1.807) is 0 Å². The Labute approximate surface area is 183 Å². The molecule has 2 aromatic carbocycles. The minimum Gasteiger partial charge on any atom is -0.362 e. The van der Waals surface area contributed by atoms with Crippen molar-refractivity contribution in [1.29, 1.82) is 0 Å².